The highest BCUT2D eigenvalue weighted by atomic mass is 16.6. The van der Waals surface area contributed by atoms with Gasteiger partial charge in [-0.25, -0.2) is 9.59 Å². The summed E-state index contributed by atoms with van der Waals surface area (Å²) in [7, 11) is 1.49. The normalized spacial score (nSPS) is 19.9. The van der Waals surface area contributed by atoms with Gasteiger partial charge in [0.2, 0.25) is 0 Å². The van der Waals surface area contributed by atoms with Crippen molar-refractivity contribution in [2.45, 2.75) is 18.9 Å². The Kier molecular flexibility index (Phi) is 3.52. The van der Waals surface area contributed by atoms with Gasteiger partial charge in [-0.1, -0.05) is 0 Å². The third-order valence-corrected chi connectivity index (χ3v) is 2.61. The lowest BCUT2D eigenvalue weighted by molar-refractivity contribution is -0.149. The van der Waals surface area contributed by atoms with Crippen molar-refractivity contribution in [3.8, 4) is 0 Å². The van der Waals surface area contributed by atoms with Gasteiger partial charge >= 0.3 is 12.1 Å². The molecule has 6 nitrogen and oxygen atoms in total. The fourth-order valence-corrected chi connectivity index (χ4v) is 1.50. The number of carbonyl (C=O) groups is 2. The van der Waals surface area contributed by atoms with Crippen molar-refractivity contribution in [1.29, 1.82) is 0 Å². The second-order valence-electron chi connectivity index (χ2n) is 3.59. The van der Waals surface area contributed by atoms with Crippen LogP contribution in [0.25, 0.3) is 0 Å². The molecule has 1 heterocycles. The fraction of sp³-hybridized carbons (Fsp3) is 0.778. The van der Waals surface area contributed by atoms with Gasteiger partial charge in [-0.3, -0.25) is 4.90 Å². The summed E-state index contributed by atoms with van der Waals surface area (Å²) in [5.74, 6) is -1.04. The number of hydrogen-bond acceptors (Lipinski definition) is 4. The fourth-order valence-electron chi connectivity index (χ4n) is 1.50. The zero-order chi connectivity index (χ0) is 11.5. The van der Waals surface area contributed by atoms with E-state index >= 15 is 0 Å². The predicted molar refractivity (Wildman–Crippen MR) is 50.6 cm³/mol. The van der Waals surface area contributed by atoms with Crippen LogP contribution >= 0.6 is 0 Å². The van der Waals surface area contributed by atoms with Crippen LogP contribution in [0.4, 0.5) is 4.79 Å². The molecule has 1 aliphatic rings. The van der Waals surface area contributed by atoms with Crippen LogP contribution in [0, 0.1) is 0 Å². The molecular weight excluding hydrogens is 202 g/mol. The molecule has 1 amide bonds. The Labute approximate surface area is 87.8 Å². The average Bonchev–Trinajstić information content (AvgIpc) is 2.61. The molecule has 0 radical (unpaired) electrons. The molecule has 1 N–H and O–H groups in total. The summed E-state index contributed by atoms with van der Waals surface area (Å²) in [6, 6.07) is 0. The third-order valence-electron chi connectivity index (χ3n) is 2.61. The van der Waals surface area contributed by atoms with Gasteiger partial charge in [-0.2, -0.15) is 0 Å². The molecule has 1 fully saturated rings. The molecule has 0 spiro atoms. The van der Waals surface area contributed by atoms with Gasteiger partial charge in [-0.05, 0) is 6.92 Å². The van der Waals surface area contributed by atoms with E-state index in [4.69, 9.17) is 14.6 Å². The molecule has 0 aromatic carbocycles. The van der Waals surface area contributed by atoms with Gasteiger partial charge in [0.1, 0.15) is 12.1 Å². The second-order valence-corrected chi connectivity index (χ2v) is 3.59. The Hall–Kier alpha value is -1.30. The summed E-state index contributed by atoms with van der Waals surface area (Å²) in [5.41, 5.74) is -1.25. The van der Waals surface area contributed by atoms with Crippen molar-refractivity contribution in [3.63, 3.8) is 0 Å². The molecule has 15 heavy (non-hydrogen) atoms. The Balaban J connectivity index is 2.79. The maximum atomic E-state index is 11.3. The zero-order valence-electron chi connectivity index (χ0n) is 8.86. The van der Waals surface area contributed by atoms with Crippen molar-refractivity contribution < 1.29 is 24.2 Å². The first kappa shape index (κ1) is 11.8. The van der Waals surface area contributed by atoms with E-state index in [0.717, 1.165) is 0 Å². The highest BCUT2D eigenvalue weighted by Crippen LogP contribution is 2.23. The van der Waals surface area contributed by atoms with Gasteiger partial charge < -0.3 is 14.6 Å². The first-order valence-corrected chi connectivity index (χ1v) is 4.69. The van der Waals surface area contributed by atoms with E-state index in [1.165, 1.54) is 18.9 Å². The lowest BCUT2D eigenvalue weighted by atomic mass is 9.96. The van der Waals surface area contributed by atoms with Crippen molar-refractivity contribution in [2.24, 2.45) is 0 Å². The third kappa shape index (κ3) is 2.20. The number of aliphatic carboxylic acids is 1. The smallest absolute Gasteiger partial charge is 0.410 e. The number of nitrogens with zero attached hydrogens (tertiary/aromatic N) is 1. The first-order valence-electron chi connectivity index (χ1n) is 4.69. The predicted octanol–water partition coefficient (Wildman–Crippen LogP) is 0.318. The molecule has 6 heteroatoms. The monoisotopic (exact) mass is 217 g/mol. The molecule has 1 saturated heterocycles. The average molecular weight is 217 g/mol. The van der Waals surface area contributed by atoms with Crippen LogP contribution in [0.1, 0.15) is 13.3 Å². The summed E-state index contributed by atoms with van der Waals surface area (Å²) in [6.45, 7) is 2.34. The molecular formula is C9H15NO5. The van der Waals surface area contributed by atoms with Gasteiger partial charge in [0, 0.05) is 20.1 Å². The van der Waals surface area contributed by atoms with Crippen LogP contribution in [-0.2, 0) is 14.3 Å². The Morgan fingerprint density at radius 1 is 1.73 bits per heavy atom. The van der Waals surface area contributed by atoms with E-state index in [2.05, 4.69) is 0 Å². The SMILES string of the molecule is COCCC(C)(C(=O)O)N1CCOC1=O. The molecule has 1 aliphatic heterocycles. The number of carbonyl (C=O) groups excluding carboxylic acids is 1. The lowest BCUT2D eigenvalue weighted by Gasteiger charge is -2.32. The molecule has 86 valence electrons. The van der Waals surface area contributed by atoms with Crippen LogP contribution in [0.2, 0.25) is 0 Å². The topological polar surface area (TPSA) is 76.1 Å². The Morgan fingerprint density at radius 2 is 2.40 bits per heavy atom. The number of rotatable bonds is 5. The summed E-state index contributed by atoms with van der Waals surface area (Å²) in [5, 5.41) is 9.13. The van der Waals surface area contributed by atoms with E-state index in [0.29, 0.717) is 6.54 Å². The van der Waals surface area contributed by atoms with Crippen molar-refractivity contribution in [1.82, 2.24) is 4.90 Å². The van der Waals surface area contributed by atoms with E-state index in [1.807, 2.05) is 0 Å². The number of cyclic esters (lactones) is 1. The number of carboxylic acid groups (broad SMARTS) is 1. The number of amides is 1. The minimum absolute atomic E-state index is 0.244. The van der Waals surface area contributed by atoms with Crippen LogP contribution in [0.15, 0.2) is 0 Å². The quantitative estimate of drug-likeness (QED) is 0.717. The summed E-state index contributed by atoms with van der Waals surface area (Å²) >= 11 is 0. The zero-order valence-corrected chi connectivity index (χ0v) is 8.86. The molecule has 0 saturated carbocycles. The molecule has 0 aromatic rings. The van der Waals surface area contributed by atoms with Gasteiger partial charge in [0.15, 0.2) is 0 Å². The number of hydrogen-bond donors (Lipinski definition) is 1. The molecule has 1 unspecified atom stereocenters. The lowest BCUT2D eigenvalue weighted by Crippen LogP contribution is -2.53. The van der Waals surface area contributed by atoms with E-state index < -0.39 is 17.6 Å². The van der Waals surface area contributed by atoms with Crippen molar-refractivity contribution in [3.05, 3.63) is 0 Å². The summed E-state index contributed by atoms with van der Waals surface area (Å²) in [4.78, 5) is 23.7. The molecule has 0 bridgehead atoms. The van der Waals surface area contributed by atoms with Gasteiger partial charge in [-0.15, -0.1) is 0 Å². The van der Waals surface area contributed by atoms with Gasteiger partial charge in [0.25, 0.3) is 0 Å². The molecule has 1 rings (SSSR count). The van der Waals surface area contributed by atoms with Crippen LogP contribution in [0.3, 0.4) is 0 Å². The summed E-state index contributed by atoms with van der Waals surface area (Å²) in [6.07, 6.45) is -0.329. The largest absolute Gasteiger partial charge is 0.480 e. The highest BCUT2D eigenvalue weighted by Gasteiger charge is 2.45. The molecule has 0 aromatic heterocycles. The summed E-state index contributed by atoms with van der Waals surface area (Å²) < 4.78 is 9.57. The standard InChI is InChI=1S/C9H15NO5/c1-9(7(11)12,3-5-14-2)10-4-6-15-8(10)13/h3-6H2,1-2H3,(H,11,12). The van der Waals surface area contributed by atoms with Crippen LogP contribution in [-0.4, -0.2) is 54.5 Å². The first-order chi connectivity index (χ1) is 7.02. The Bertz CT molecular complexity index is 267. The van der Waals surface area contributed by atoms with Crippen LogP contribution in [0.5, 0.6) is 0 Å². The van der Waals surface area contributed by atoms with E-state index in [1.54, 1.807) is 0 Å². The van der Waals surface area contributed by atoms with Crippen molar-refractivity contribution in [2.75, 3.05) is 26.9 Å². The minimum atomic E-state index is -1.25. The molecule has 1 atom stereocenters. The second kappa shape index (κ2) is 4.48. The van der Waals surface area contributed by atoms with Crippen LogP contribution < -0.4 is 0 Å². The van der Waals surface area contributed by atoms with Gasteiger partial charge in [0.05, 0.1) is 6.54 Å². The Morgan fingerprint density at radius 3 is 2.80 bits per heavy atom. The number of methoxy groups -OCH3 is 1. The number of carboxylic acids is 1. The number of ether oxygens (including phenoxy) is 2. The minimum Gasteiger partial charge on any atom is -0.480 e. The van der Waals surface area contributed by atoms with Crippen molar-refractivity contribution >= 4 is 12.1 Å². The maximum absolute atomic E-state index is 11.3. The molecule has 0 aliphatic carbocycles. The van der Waals surface area contributed by atoms with E-state index in [9.17, 15) is 9.59 Å². The highest BCUT2D eigenvalue weighted by molar-refractivity contribution is 5.84. The maximum Gasteiger partial charge on any atom is 0.410 e. The van der Waals surface area contributed by atoms with E-state index in [-0.39, 0.29) is 19.6 Å².